The van der Waals surface area contributed by atoms with Crippen molar-refractivity contribution in [2.75, 3.05) is 0 Å². The van der Waals surface area contributed by atoms with Crippen LogP contribution < -0.4 is 0 Å². The molecule has 0 aromatic heterocycles. The Kier molecular flexibility index (Phi) is 2.17. The van der Waals surface area contributed by atoms with Crippen molar-refractivity contribution in [1.29, 1.82) is 0 Å². The minimum atomic E-state index is -4.36. The highest BCUT2D eigenvalue weighted by Gasteiger charge is 2.29. The van der Waals surface area contributed by atoms with E-state index in [1.165, 1.54) is 0 Å². The number of carbonyl (C=O) groups excluding carboxylic acids is 1. The van der Waals surface area contributed by atoms with Crippen LogP contribution in [-0.2, 0) is 6.18 Å². The van der Waals surface area contributed by atoms with Gasteiger partial charge in [-0.05, 0) is 18.2 Å². The Balaban J connectivity index is 3.00. The van der Waals surface area contributed by atoms with Gasteiger partial charge in [0.15, 0.2) is 6.29 Å². The molecule has 0 atom stereocenters. The van der Waals surface area contributed by atoms with Crippen molar-refractivity contribution in [3.05, 3.63) is 35.4 Å². The zero-order chi connectivity index (χ0) is 9.19. The van der Waals surface area contributed by atoms with Crippen molar-refractivity contribution in [2.45, 2.75) is 6.18 Å². The van der Waals surface area contributed by atoms with Crippen molar-refractivity contribution < 1.29 is 18.0 Å². The second-order valence-electron chi connectivity index (χ2n) is 2.15. The van der Waals surface area contributed by atoms with Crippen LogP contribution in [0.15, 0.2) is 18.2 Å². The minimum Gasteiger partial charge on any atom is -0.298 e. The van der Waals surface area contributed by atoms with Gasteiger partial charge in [0.2, 0.25) is 0 Å². The molecule has 0 fully saturated rings. The van der Waals surface area contributed by atoms with Gasteiger partial charge < -0.3 is 0 Å². The summed E-state index contributed by atoms with van der Waals surface area (Å²) in [5.41, 5.74) is -0.684. The second kappa shape index (κ2) is 2.97. The van der Waals surface area contributed by atoms with Crippen molar-refractivity contribution in [2.24, 2.45) is 0 Å². The van der Waals surface area contributed by atoms with E-state index in [4.69, 9.17) is 0 Å². The van der Waals surface area contributed by atoms with Gasteiger partial charge in [0.25, 0.3) is 0 Å². The van der Waals surface area contributed by atoms with Gasteiger partial charge in [-0.25, -0.2) is 0 Å². The normalized spacial score (nSPS) is 11.2. The van der Waals surface area contributed by atoms with Crippen molar-refractivity contribution in [3.8, 4) is 0 Å². The van der Waals surface area contributed by atoms with Crippen LogP contribution in [0.5, 0.6) is 0 Å². The van der Waals surface area contributed by atoms with E-state index >= 15 is 0 Å². The van der Waals surface area contributed by atoms with E-state index in [0.717, 1.165) is 18.2 Å². The number of alkyl halides is 3. The maximum atomic E-state index is 11.9. The number of hydrogen-bond donors (Lipinski definition) is 0. The highest BCUT2D eigenvalue weighted by Crippen LogP contribution is 2.28. The Labute approximate surface area is 66.8 Å². The molecule has 4 heteroatoms. The Hall–Kier alpha value is -1.32. The summed E-state index contributed by atoms with van der Waals surface area (Å²) in [5, 5.41) is 0. The predicted molar refractivity (Wildman–Crippen MR) is 35.7 cm³/mol. The SMILES string of the molecule is O=Cc1[c]cc(C(F)(F)F)cc1. The molecule has 0 spiro atoms. The molecule has 0 unspecified atom stereocenters. The molecule has 0 N–H and O–H groups in total. The Morgan fingerprint density at radius 1 is 1.33 bits per heavy atom. The third-order valence-corrected chi connectivity index (χ3v) is 1.29. The quantitative estimate of drug-likeness (QED) is 0.595. The van der Waals surface area contributed by atoms with Crippen LogP contribution in [0.3, 0.4) is 0 Å². The molecule has 1 aromatic rings. The summed E-state index contributed by atoms with van der Waals surface area (Å²) in [4.78, 5) is 10.1. The Bertz CT molecular complexity index is 273. The summed E-state index contributed by atoms with van der Waals surface area (Å²) in [6, 6.07) is 4.89. The molecule has 0 aliphatic heterocycles. The van der Waals surface area contributed by atoms with E-state index in [1.807, 2.05) is 0 Å². The zero-order valence-corrected chi connectivity index (χ0v) is 5.85. The number of aldehydes is 1. The van der Waals surface area contributed by atoms with E-state index in [9.17, 15) is 18.0 Å². The van der Waals surface area contributed by atoms with Gasteiger partial charge in [-0.3, -0.25) is 4.79 Å². The van der Waals surface area contributed by atoms with Gasteiger partial charge in [0.1, 0.15) is 0 Å². The Morgan fingerprint density at radius 3 is 2.33 bits per heavy atom. The highest BCUT2D eigenvalue weighted by molar-refractivity contribution is 5.74. The molecular formula is C8H4F3O. The summed E-state index contributed by atoms with van der Waals surface area (Å²) >= 11 is 0. The first-order valence-corrected chi connectivity index (χ1v) is 3.08. The van der Waals surface area contributed by atoms with Gasteiger partial charge in [0.05, 0.1) is 5.56 Å². The minimum absolute atomic E-state index is 0.114. The van der Waals surface area contributed by atoms with E-state index in [-0.39, 0.29) is 5.56 Å². The lowest BCUT2D eigenvalue weighted by Gasteiger charge is -2.04. The summed E-state index contributed by atoms with van der Waals surface area (Å²) in [6.07, 6.45) is -3.92. The van der Waals surface area contributed by atoms with Gasteiger partial charge in [-0.2, -0.15) is 13.2 Å². The maximum Gasteiger partial charge on any atom is 0.416 e. The van der Waals surface area contributed by atoms with Gasteiger partial charge in [-0.1, -0.05) is 6.07 Å². The third-order valence-electron chi connectivity index (χ3n) is 1.29. The first kappa shape index (κ1) is 8.77. The average Bonchev–Trinajstić information content (AvgIpc) is 2.03. The first-order valence-electron chi connectivity index (χ1n) is 3.08. The molecule has 0 aliphatic carbocycles. The van der Waals surface area contributed by atoms with E-state index in [0.29, 0.717) is 6.29 Å². The predicted octanol–water partition coefficient (Wildman–Crippen LogP) is 2.32. The van der Waals surface area contributed by atoms with Crippen molar-refractivity contribution >= 4 is 6.29 Å². The molecule has 0 saturated carbocycles. The van der Waals surface area contributed by atoms with Crippen LogP contribution in [0.25, 0.3) is 0 Å². The number of benzene rings is 1. The lowest BCUT2D eigenvalue weighted by Crippen LogP contribution is -2.04. The first-order chi connectivity index (χ1) is 5.54. The molecule has 0 amide bonds. The zero-order valence-electron chi connectivity index (χ0n) is 5.85. The number of halogens is 3. The number of carbonyl (C=O) groups is 1. The number of hydrogen-bond acceptors (Lipinski definition) is 1. The smallest absolute Gasteiger partial charge is 0.298 e. The van der Waals surface area contributed by atoms with E-state index in [2.05, 4.69) is 6.07 Å². The van der Waals surface area contributed by atoms with Gasteiger partial charge in [-0.15, -0.1) is 0 Å². The molecule has 63 valence electrons. The van der Waals surface area contributed by atoms with Gasteiger partial charge in [0, 0.05) is 5.56 Å². The molecule has 1 rings (SSSR count). The maximum absolute atomic E-state index is 11.9. The highest BCUT2D eigenvalue weighted by atomic mass is 19.4. The summed E-state index contributed by atoms with van der Waals surface area (Å²) in [6.45, 7) is 0. The van der Waals surface area contributed by atoms with Crippen molar-refractivity contribution in [3.63, 3.8) is 0 Å². The van der Waals surface area contributed by atoms with Crippen LogP contribution in [0.2, 0.25) is 0 Å². The molecule has 12 heavy (non-hydrogen) atoms. The summed E-state index contributed by atoms with van der Waals surface area (Å²) in [5.74, 6) is 0. The molecular weight excluding hydrogens is 169 g/mol. The van der Waals surface area contributed by atoms with Crippen LogP contribution in [0, 0.1) is 6.07 Å². The average molecular weight is 173 g/mol. The fraction of sp³-hybridized carbons (Fsp3) is 0.125. The molecule has 0 aliphatic rings. The fourth-order valence-electron chi connectivity index (χ4n) is 0.686. The molecule has 1 aromatic carbocycles. The van der Waals surface area contributed by atoms with Crippen LogP contribution >= 0.6 is 0 Å². The molecule has 0 saturated heterocycles. The monoisotopic (exact) mass is 173 g/mol. The summed E-state index contributed by atoms with van der Waals surface area (Å²) in [7, 11) is 0. The molecule has 0 heterocycles. The Morgan fingerprint density at radius 2 is 2.00 bits per heavy atom. The molecule has 1 radical (unpaired) electrons. The van der Waals surface area contributed by atoms with E-state index < -0.39 is 11.7 Å². The lowest BCUT2D eigenvalue weighted by atomic mass is 10.1. The van der Waals surface area contributed by atoms with Gasteiger partial charge >= 0.3 is 6.18 Å². The summed E-state index contributed by atoms with van der Waals surface area (Å²) < 4.78 is 35.7. The standard InChI is InChI=1S/C8H4F3O/c9-8(10,11)7-3-1-6(5-12)2-4-7/h1,3-5H. The topological polar surface area (TPSA) is 17.1 Å². The third kappa shape index (κ3) is 1.84. The van der Waals surface area contributed by atoms with Crippen molar-refractivity contribution in [1.82, 2.24) is 0 Å². The number of rotatable bonds is 1. The lowest BCUT2D eigenvalue weighted by molar-refractivity contribution is -0.137. The molecule has 0 bridgehead atoms. The van der Waals surface area contributed by atoms with Crippen LogP contribution in [0.1, 0.15) is 15.9 Å². The second-order valence-corrected chi connectivity index (χ2v) is 2.15. The largest absolute Gasteiger partial charge is 0.416 e. The van der Waals surface area contributed by atoms with E-state index in [1.54, 1.807) is 0 Å². The fourth-order valence-corrected chi connectivity index (χ4v) is 0.686. The van der Waals surface area contributed by atoms with Crippen LogP contribution in [0.4, 0.5) is 13.2 Å². The van der Waals surface area contributed by atoms with Crippen LogP contribution in [-0.4, -0.2) is 6.29 Å². The molecule has 1 nitrogen and oxygen atoms in total.